The summed E-state index contributed by atoms with van der Waals surface area (Å²) in [4.78, 5) is 42.7. The van der Waals surface area contributed by atoms with E-state index in [2.05, 4.69) is 15.6 Å². The quantitative estimate of drug-likeness (QED) is 0.805. The van der Waals surface area contributed by atoms with Crippen LogP contribution in [0.15, 0.2) is 6.20 Å². The van der Waals surface area contributed by atoms with E-state index in [1.54, 1.807) is 6.20 Å². The van der Waals surface area contributed by atoms with E-state index in [0.717, 1.165) is 30.6 Å². The molecule has 2 heterocycles. The molecular formula is C15H20N4O3S. The fourth-order valence-electron chi connectivity index (χ4n) is 3.19. The topological polar surface area (TPSA) is 91.4 Å². The van der Waals surface area contributed by atoms with Crippen molar-refractivity contribution in [3.8, 4) is 0 Å². The van der Waals surface area contributed by atoms with Crippen LogP contribution in [-0.2, 0) is 9.59 Å². The van der Waals surface area contributed by atoms with E-state index >= 15 is 0 Å². The average molecular weight is 336 g/mol. The molecule has 1 spiro atoms. The molecule has 1 aliphatic carbocycles. The molecular weight excluding hydrogens is 316 g/mol. The standard InChI is InChI=1S/C15H20N4O3S/c1-10-9-16-13(23-10)17-11(20)5-4-8-19-12(21)15(18-14(19)22)6-2-3-7-15/h9H,2-8H2,1H3,(H,18,22)(H,16,17,20). The second-order valence-electron chi connectivity index (χ2n) is 6.10. The Balaban J connectivity index is 1.48. The lowest BCUT2D eigenvalue weighted by atomic mass is 9.98. The maximum Gasteiger partial charge on any atom is 0.325 e. The number of carbonyl (C=O) groups excluding carboxylic acids is 3. The Morgan fingerprint density at radius 3 is 2.83 bits per heavy atom. The molecule has 4 amide bonds. The predicted molar refractivity (Wildman–Crippen MR) is 86.2 cm³/mol. The van der Waals surface area contributed by atoms with E-state index in [1.807, 2.05) is 6.92 Å². The summed E-state index contributed by atoms with van der Waals surface area (Å²) in [5, 5.41) is 6.14. The molecule has 0 bridgehead atoms. The van der Waals surface area contributed by atoms with Crippen molar-refractivity contribution < 1.29 is 14.4 Å². The fraction of sp³-hybridized carbons (Fsp3) is 0.600. The van der Waals surface area contributed by atoms with Crippen LogP contribution in [0.3, 0.4) is 0 Å². The van der Waals surface area contributed by atoms with Crippen molar-refractivity contribution in [2.45, 2.75) is 51.0 Å². The van der Waals surface area contributed by atoms with Crippen LogP contribution in [0.2, 0.25) is 0 Å². The van der Waals surface area contributed by atoms with Crippen LogP contribution in [0.4, 0.5) is 9.93 Å². The Kier molecular flexibility index (Phi) is 4.34. The smallest absolute Gasteiger partial charge is 0.323 e. The monoisotopic (exact) mass is 336 g/mol. The molecule has 0 atom stereocenters. The average Bonchev–Trinajstić information content (AvgIpc) is 3.17. The summed E-state index contributed by atoms with van der Waals surface area (Å²) in [6.07, 6.45) is 5.78. The number of carbonyl (C=O) groups is 3. The third kappa shape index (κ3) is 3.21. The van der Waals surface area contributed by atoms with Crippen molar-refractivity contribution in [3.05, 3.63) is 11.1 Å². The highest BCUT2D eigenvalue weighted by Crippen LogP contribution is 2.35. The first-order valence-corrected chi connectivity index (χ1v) is 8.68. The Hall–Kier alpha value is -1.96. The molecule has 1 aliphatic heterocycles. The minimum atomic E-state index is -0.669. The van der Waals surface area contributed by atoms with Crippen LogP contribution in [-0.4, -0.2) is 39.8 Å². The molecule has 1 saturated heterocycles. The van der Waals surface area contributed by atoms with Crippen LogP contribution >= 0.6 is 11.3 Å². The van der Waals surface area contributed by atoms with E-state index in [0.29, 0.717) is 11.6 Å². The van der Waals surface area contributed by atoms with Gasteiger partial charge >= 0.3 is 6.03 Å². The zero-order valence-electron chi connectivity index (χ0n) is 13.1. The van der Waals surface area contributed by atoms with Gasteiger partial charge in [-0.05, 0) is 26.2 Å². The molecule has 0 aromatic carbocycles. The molecule has 124 valence electrons. The highest BCUT2D eigenvalue weighted by atomic mass is 32.1. The molecule has 1 saturated carbocycles. The van der Waals surface area contributed by atoms with Gasteiger partial charge in [0.05, 0.1) is 0 Å². The highest BCUT2D eigenvalue weighted by molar-refractivity contribution is 7.15. The van der Waals surface area contributed by atoms with Crippen molar-refractivity contribution in [2.75, 3.05) is 11.9 Å². The number of anilines is 1. The molecule has 23 heavy (non-hydrogen) atoms. The number of urea groups is 1. The van der Waals surface area contributed by atoms with E-state index in [4.69, 9.17) is 0 Å². The first-order valence-electron chi connectivity index (χ1n) is 7.87. The third-order valence-electron chi connectivity index (χ3n) is 4.36. The summed E-state index contributed by atoms with van der Waals surface area (Å²) in [6, 6.07) is -0.326. The number of imide groups is 1. The van der Waals surface area contributed by atoms with Crippen LogP contribution < -0.4 is 10.6 Å². The molecule has 0 unspecified atom stereocenters. The summed E-state index contributed by atoms with van der Waals surface area (Å²) in [7, 11) is 0. The fourth-order valence-corrected chi connectivity index (χ4v) is 3.87. The number of rotatable bonds is 5. The normalized spacial score (nSPS) is 19.4. The number of amides is 4. The molecule has 1 aromatic heterocycles. The number of aromatic nitrogens is 1. The van der Waals surface area contributed by atoms with Crippen LogP contribution in [0.5, 0.6) is 0 Å². The van der Waals surface area contributed by atoms with Gasteiger partial charge in [-0.25, -0.2) is 9.78 Å². The van der Waals surface area contributed by atoms with E-state index in [-0.39, 0.29) is 30.8 Å². The van der Waals surface area contributed by atoms with Crippen molar-refractivity contribution >= 4 is 34.3 Å². The lowest BCUT2D eigenvalue weighted by Crippen LogP contribution is -2.44. The van der Waals surface area contributed by atoms with E-state index < -0.39 is 5.54 Å². The lowest BCUT2D eigenvalue weighted by Gasteiger charge is -2.19. The van der Waals surface area contributed by atoms with Gasteiger partial charge in [-0.2, -0.15) is 0 Å². The van der Waals surface area contributed by atoms with Crippen molar-refractivity contribution in [2.24, 2.45) is 0 Å². The summed E-state index contributed by atoms with van der Waals surface area (Å²) < 4.78 is 0. The number of hydrogen-bond acceptors (Lipinski definition) is 5. The summed E-state index contributed by atoms with van der Waals surface area (Å²) in [6.45, 7) is 2.19. The summed E-state index contributed by atoms with van der Waals surface area (Å²) >= 11 is 1.42. The first-order chi connectivity index (χ1) is 11.0. The summed E-state index contributed by atoms with van der Waals surface area (Å²) in [5.41, 5.74) is -0.669. The van der Waals surface area contributed by atoms with Crippen LogP contribution in [0, 0.1) is 6.92 Å². The molecule has 3 rings (SSSR count). The van der Waals surface area contributed by atoms with Crippen molar-refractivity contribution in [1.82, 2.24) is 15.2 Å². The third-order valence-corrected chi connectivity index (χ3v) is 5.18. The van der Waals surface area contributed by atoms with Crippen molar-refractivity contribution in [3.63, 3.8) is 0 Å². The lowest BCUT2D eigenvalue weighted by molar-refractivity contribution is -0.131. The number of thiazole rings is 1. The maximum absolute atomic E-state index is 12.4. The molecule has 2 N–H and O–H groups in total. The minimum absolute atomic E-state index is 0.129. The Bertz CT molecular complexity index is 636. The summed E-state index contributed by atoms with van der Waals surface area (Å²) in [5.74, 6) is -0.280. The van der Waals surface area contributed by atoms with Gasteiger partial charge in [0.25, 0.3) is 5.91 Å². The van der Waals surface area contributed by atoms with Gasteiger partial charge in [0.1, 0.15) is 5.54 Å². The molecule has 7 nitrogen and oxygen atoms in total. The van der Waals surface area contributed by atoms with Gasteiger partial charge < -0.3 is 10.6 Å². The molecule has 8 heteroatoms. The second kappa shape index (κ2) is 6.27. The van der Waals surface area contributed by atoms with Gasteiger partial charge in [-0.1, -0.05) is 12.8 Å². The zero-order chi connectivity index (χ0) is 16.4. The predicted octanol–water partition coefficient (Wildman–Crippen LogP) is 2.03. The molecule has 0 radical (unpaired) electrons. The van der Waals surface area contributed by atoms with E-state index in [9.17, 15) is 14.4 Å². The Morgan fingerprint density at radius 2 is 2.17 bits per heavy atom. The highest BCUT2D eigenvalue weighted by Gasteiger charge is 2.51. The minimum Gasteiger partial charge on any atom is -0.323 e. The number of nitrogens with zero attached hydrogens (tertiary/aromatic N) is 2. The Morgan fingerprint density at radius 1 is 1.43 bits per heavy atom. The van der Waals surface area contributed by atoms with E-state index in [1.165, 1.54) is 16.2 Å². The SMILES string of the molecule is Cc1cnc(NC(=O)CCCN2C(=O)NC3(CCCC3)C2=O)s1. The maximum atomic E-state index is 12.4. The van der Waals surface area contributed by atoms with Crippen molar-refractivity contribution in [1.29, 1.82) is 0 Å². The first kappa shape index (κ1) is 15.9. The second-order valence-corrected chi connectivity index (χ2v) is 7.34. The van der Waals surface area contributed by atoms with Gasteiger partial charge in [-0.3, -0.25) is 14.5 Å². The number of nitrogens with one attached hydrogen (secondary N) is 2. The molecule has 1 aromatic rings. The zero-order valence-corrected chi connectivity index (χ0v) is 13.9. The van der Waals surface area contributed by atoms with Gasteiger partial charge in [0.2, 0.25) is 5.91 Å². The van der Waals surface area contributed by atoms with Gasteiger partial charge in [0, 0.05) is 24.0 Å². The molecule has 2 aliphatic rings. The van der Waals surface area contributed by atoms with Gasteiger partial charge in [-0.15, -0.1) is 11.3 Å². The Labute approximate surface area is 138 Å². The number of aryl methyl sites for hydroxylation is 1. The van der Waals surface area contributed by atoms with Crippen LogP contribution in [0.25, 0.3) is 0 Å². The number of hydrogen-bond donors (Lipinski definition) is 2. The van der Waals surface area contributed by atoms with Gasteiger partial charge in [0.15, 0.2) is 5.13 Å². The van der Waals surface area contributed by atoms with Crippen LogP contribution in [0.1, 0.15) is 43.4 Å². The largest absolute Gasteiger partial charge is 0.325 e. The molecule has 2 fully saturated rings.